The van der Waals surface area contributed by atoms with Crippen molar-refractivity contribution < 1.29 is 8.42 Å². The number of sulfone groups is 1. The molecule has 0 aliphatic carbocycles. The summed E-state index contributed by atoms with van der Waals surface area (Å²) >= 11 is 0. The van der Waals surface area contributed by atoms with Crippen molar-refractivity contribution in [1.29, 1.82) is 10.5 Å². The van der Waals surface area contributed by atoms with Crippen LogP contribution in [0.25, 0.3) is 0 Å². The maximum absolute atomic E-state index is 11.6. The van der Waals surface area contributed by atoms with Crippen molar-refractivity contribution in [2.45, 2.75) is 25.6 Å². The van der Waals surface area contributed by atoms with Gasteiger partial charge < -0.3 is 4.57 Å². The molecule has 90 valence electrons. The Balaban J connectivity index is 2.90. The van der Waals surface area contributed by atoms with E-state index in [9.17, 15) is 8.42 Å². The summed E-state index contributed by atoms with van der Waals surface area (Å²) in [5.74, 6) is -0.0689. The lowest BCUT2D eigenvalue weighted by atomic mass is 10.3. The predicted molar refractivity (Wildman–Crippen MR) is 60.6 cm³/mol. The summed E-state index contributed by atoms with van der Waals surface area (Å²) in [6.07, 6.45) is 1.31. The molecule has 1 heterocycles. The first-order valence-electron chi connectivity index (χ1n) is 4.99. The smallest absolute Gasteiger partial charge is 0.176 e. The molecule has 7 heteroatoms. The van der Waals surface area contributed by atoms with E-state index in [1.54, 1.807) is 19.9 Å². The minimum Gasteiger partial charge on any atom is -0.320 e. The molecular formula is C10H12N4O2S. The second kappa shape index (κ2) is 4.98. The van der Waals surface area contributed by atoms with Crippen molar-refractivity contribution in [3.8, 4) is 12.1 Å². The van der Waals surface area contributed by atoms with Crippen molar-refractivity contribution >= 4 is 9.84 Å². The number of rotatable bonds is 4. The molecule has 0 fully saturated rings. The highest BCUT2D eigenvalue weighted by Crippen LogP contribution is 2.07. The third-order valence-electron chi connectivity index (χ3n) is 2.38. The maximum atomic E-state index is 11.6. The van der Waals surface area contributed by atoms with Gasteiger partial charge in [0.1, 0.15) is 12.1 Å². The first kappa shape index (κ1) is 13.2. The van der Waals surface area contributed by atoms with E-state index in [1.165, 1.54) is 10.9 Å². The number of nitriles is 2. The average Bonchev–Trinajstić information content (AvgIpc) is 2.68. The van der Waals surface area contributed by atoms with Gasteiger partial charge in [-0.3, -0.25) is 0 Å². The molecule has 0 radical (unpaired) electrons. The van der Waals surface area contributed by atoms with Gasteiger partial charge in [-0.2, -0.15) is 10.5 Å². The van der Waals surface area contributed by atoms with Crippen LogP contribution in [0.4, 0.5) is 0 Å². The molecule has 17 heavy (non-hydrogen) atoms. The molecule has 0 aromatic carbocycles. The fourth-order valence-electron chi connectivity index (χ4n) is 1.21. The van der Waals surface area contributed by atoms with Crippen LogP contribution in [0.5, 0.6) is 0 Å². The van der Waals surface area contributed by atoms with Gasteiger partial charge in [0.25, 0.3) is 0 Å². The Bertz CT molecular complexity index is 587. The summed E-state index contributed by atoms with van der Waals surface area (Å²) in [6, 6.07) is 3.63. The third kappa shape index (κ3) is 2.83. The molecule has 0 saturated heterocycles. The van der Waals surface area contributed by atoms with Gasteiger partial charge in [0, 0.05) is 6.54 Å². The molecule has 1 aromatic heterocycles. The summed E-state index contributed by atoms with van der Waals surface area (Å²) < 4.78 is 24.6. The Kier molecular flexibility index (Phi) is 3.87. The Morgan fingerprint density at radius 3 is 2.53 bits per heavy atom. The van der Waals surface area contributed by atoms with Crippen molar-refractivity contribution in [1.82, 2.24) is 9.55 Å². The number of nitrogens with zero attached hydrogens (tertiary/aromatic N) is 4. The molecule has 0 spiro atoms. The molecule has 0 unspecified atom stereocenters. The number of aryl methyl sites for hydroxylation is 1. The fourth-order valence-corrected chi connectivity index (χ4v) is 2.13. The van der Waals surface area contributed by atoms with E-state index in [0.717, 1.165) is 0 Å². The third-order valence-corrected chi connectivity index (χ3v) is 4.57. The molecule has 0 atom stereocenters. The van der Waals surface area contributed by atoms with E-state index >= 15 is 0 Å². The Morgan fingerprint density at radius 2 is 2.06 bits per heavy atom. The van der Waals surface area contributed by atoms with Crippen LogP contribution in [0.3, 0.4) is 0 Å². The number of imidazole rings is 1. The molecular weight excluding hydrogens is 240 g/mol. The second-order valence-corrected chi connectivity index (χ2v) is 6.45. The summed E-state index contributed by atoms with van der Waals surface area (Å²) in [5.41, 5.74) is 0.126. The lowest BCUT2D eigenvalue weighted by Gasteiger charge is -2.08. The quantitative estimate of drug-likeness (QED) is 0.774. The van der Waals surface area contributed by atoms with Gasteiger partial charge in [0.05, 0.1) is 17.3 Å². The molecule has 0 aliphatic rings. The normalized spacial score (nSPS) is 11.1. The first-order chi connectivity index (χ1) is 7.92. The van der Waals surface area contributed by atoms with Crippen LogP contribution in [0.2, 0.25) is 0 Å². The van der Waals surface area contributed by atoms with Crippen LogP contribution in [-0.4, -0.2) is 29.0 Å². The Morgan fingerprint density at radius 1 is 1.41 bits per heavy atom. The molecule has 0 bridgehead atoms. The summed E-state index contributed by atoms with van der Waals surface area (Å²) in [5, 5.41) is 17.1. The molecule has 0 saturated carbocycles. The van der Waals surface area contributed by atoms with Crippen LogP contribution in [0.15, 0.2) is 6.33 Å². The highest BCUT2D eigenvalue weighted by Gasteiger charge is 2.17. The molecule has 0 N–H and O–H groups in total. The lowest BCUT2D eigenvalue weighted by molar-refractivity contribution is 0.580. The van der Waals surface area contributed by atoms with E-state index in [2.05, 4.69) is 4.98 Å². The van der Waals surface area contributed by atoms with Crippen molar-refractivity contribution in [2.75, 3.05) is 5.75 Å². The topological polar surface area (TPSA) is 99.5 Å². The zero-order chi connectivity index (χ0) is 13.1. The van der Waals surface area contributed by atoms with E-state index < -0.39 is 15.1 Å². The monoisotopic (exact) mass is 252 g/mol. The van der Waals surface area contributed by atoms with Gasteiger partial charge >= 0.3 is 0 Å². The number of hydrogen-bond donors (Lipinski definition) is 0. The van der Waals surface area contributed by atoms with E-state index in [1.807, 2.05) is 6.07 Å². The van der Waals surface area contributed by atoms with Crippen molar-refractivity contribution in [3.63, 3.8) is 0 Å². The number of aromatic nitrogens is 2. The largest absolute Gasteiger partial charge is 0.320 e. The highest BCUT2D eigenvalue weighted by atomic mass is 32.2. The highest BCUT2D eigenvalue weighted by molar-refractivity contribution is 7.91. The summed E-state index contributed by atoms with van der Waals surface area (Å²) in [6.45, 7) is 3.35. The predicted octanol–water partition coefficient (Wildman–Crippen LogP) is 0.450. The molecule has 0 aliphatic heterocycles. The van der Waals surface area contributed by atoms with Crippen LogP contribution >= 0.6 is 0 Å². The summed E-state index contributed by atoms with van der Waals surface area (Å²) in [7, 11) is -3.16. The zero-order valence-electron chi connectivity index (χ0n) is 9.58. The van der Waals surface area contributed by atoms with E-state index in [-0.39, 0.29) is 23.7 Å². The van der Waals surface area contributed by atoms with Gasteiger partial charge in [0.15, 0.2) is 21.2 Å². The minimum absolute atomic E-state index is 0.0226. The van der Waals surface area contributed by atoms with Gasteiger partial charge in [-0.1, -0.05) is 0 Å². The molecule has 6 nitrogen and oxygen atoms in total. The zero-order valence-corrected chi connectivity index (χ0v) is 10.4. The molecule has 1 aromatic rings. The minimum atomic E-state index is -3.16. The molecule has 1 rings (SSSR count). The Hall–Kier alpha value is -1.86. The van der Waals surface area contributed by atoms with Crippen LogP contribution in [0.1, 0.15) is 25.2 Å². The SMILES string of the molecule is CC(C)S(=O)(=O)CCn1cnc(C#N)c1C#N. The average molecular weight is 252 g/mol. The summed E-state index contributed by atoms with van der Waals surface area (Å²) in [4.78, 5) is 3.74. The Labute approximate surface area is 100 Å². The first-order valence-corrected chi connectivity index (χ1v) is 6.70. The van der Waals surface area contributed by atoms with Crippen LogP contribution in [0, 0.1) is 22.7 Å². The second-order valence-electron chi connectivity index (χ2n) is 3.77. The maximum Gasteiger partial charge on any atom is 0.176 e. The standard InChI is InChI=1S/C10H12N4O2S/c1-8(2)17(15,16)4-3-14-7-13-9(5-11)10(14)6-12/h7-8H,3-4H2,1-2H3. The van der Waals surface area contributed by atoms with Gasteiger partial charge in [0.2, 0.25) is 0 Å². The van der Waals surface area contributed by atoms with Gasteiger partial charge in [-0.25, -0.2) is 13.4 Å². The van der Waals surface area contributed by atoms with Gasteiger partial charge in [-0.05, 0) is 13.8 Å². The van der Waals surface area contributed by atoms with Crippen molar-refractivity contribution in [2.24, 2.45) is 0 Å². The number of hydrogen-bond acceptors (Lipinski definition) is 5. The van der Waals surface area contributed by atoms with E-state index in [0.29, 0.717) is 0 Å². The van der Waals surface area contributed by atoms with Crippen LogP contribution in [-0.2, 0) is 16.4 Å². The molecule has 0 amide bonds. The van der Waals surface area contributed by atoms with E-state index in [4.69, 9.17) is 10.5 Å². The van der Waals surface area contributed by atoms with Crippen LogP contribution < -0.4 is 0 Å². The lowest BCUT2D eigenvalue weighted by Crippen LogP contribution is -2.21. The van der Waals surface area contributed by atoms with Crippen molar-refractivity contribution in [3.05, 3.63) is 17.7 Å². The van der Waals surface area contributed by atoms with Gasteiger partial charge in [-0.15, -0.1) is 0 Å². The fraction of sp³-hybridized carbons (Fsp3) is 0.500.